The quantitative estimate of drug-likeness (QED) is 0.738. The highest BCUT2D eigenvalue weighted by molar-refractivity contribution is 6.35. The summed E-state index contributed by atoms with van der Waals surface area (Å²) in [7, 11) is 0. The molecule has 0 fully saturated rings. The zero-order valence-electron chi connectivity index (χ0n) is 9.71. The monoisotopic (exact) mass is 319 g/mol. The molecule has 0 unspecified atom stereocenters. The van der Waals surface area contributed by atoms with Gasteiger partial charge < -0.3 is 0 Å². The fourth-order valence-electron chi connectivity index (χ4n) is 1.73. The first-order valence-corrected chi connectivity index (χ1v) is 6.07. The number of halogens is 5. The third kappa shape index (κ3) is 2.78. The van der Waals surface area contributed by atoms with Gasteiger partial charge in [-0.2, -0.15) is 13.2 Å². The molecular weight excluding hydrogens is 314 g/mol. The van der Waals surface area contributed by atoms with Crippen molar-refractivity contribution >= 4 is 29.5 Å². The first-order valence-electron chi connectivity index (χ1n) is 5.31. The van der Waals surface area contributed by atoms with E-state index in [1.807, 2.05) is 0 Å². The molecule has 2 nitrogen and oxygen atoms in total. The third-order valence-electron chi connectivity index (χ3n) is 2.60. The number of hydrogen-bond acceptors (Lipinski definition) is 2. The highest BCUT2D eigenvalue weighted by Crippen LogP contribution is 2.37. The molecule has 0 aliphatic heterocycles. The molecule has 2 aromatic rings. The summed E-state index contributed by atoms with van der Waals surface area (Å²) in [4.78, 5) is 14.9. The van der Waals surface area contributed by atoms with Gasteiger partial charge in [0.15, 0.2) is 6.29 Å². The van der Waals surface area contributed by atoms with Crippen molar-refractivity contribution in [2.45, 2.75) is 6.18 Å². The molecule has 0 N–H and O–H groups in total. The number of pyridine rings is 1. The maximum atomic E-state index is 12.9. The van der Waals surface area contributed by atoms with E-state index in [0.29, 0.717) is 0 Å². The van der Waals surface area contributed by atoms with Gasteiger partial charge in [0, 0.05) is 16.8 Å². The molecule has 1 aromatic carbocycles. The van der Waals surface area contributed by atoms with Gasteiger partial charge in [0.1, 0.15) is 0 Å². The third-order valence-corrected chi connectivity index (χ3v) is 3.16. The predicted octanol–water partition coefficient (Wildman–Crippen LogP) is 4.89. The lowest BCUT2D eigenvalue weighted by molar-refractivity contribution is -0.137. The van der Waals surface area contributed by atoms with Gasteiger partial charge in [0.05, 0.1) is 21.8 Å². The highest BCUT2D eigenvalue weighted by atomic mass is 35.5. The number of alkyl halides is 3. The van der Waals surface area contributed by atoms with Crippen molar-refractivity contribution in [1.29, 1.82) is 0 Å². The molecule has 104 valence electrons. The maximum Gasteiger partial charge on any atom is 0.417 e. The van der Waals surface area contributed by atoms with Gasteiger partial charge in [-0.25, -0.2) is 0 Å². The summed E-state index contributed by atoms with van der Waals surface area (Å²) in [6.07, 6.45) is -3.57. The molecule has 0 atom stereocenters. The largest absolute Gasteiger partial charge is 0.417 e. The van der Waals surface area contributed by atoms with Crippen LogP contribution in [-0.4, -0.2) is 11.3 Å². The molecule has 0 aliphatic rings. The fraction of sp³-hybridized carbons (Fsp3) is 0.0769. The first-order chi connectivity index (χ1) is 9.34. The lowest BCUT2D eigenvalue weighted by Gasteiger charge is -2.13. The van der Waals surface area contributed by atoms with E-state index in [0.717, 1.165) is 12.3 Å². The Kier molecular flexibility index (Phi) is 4.01. The standard InChI is InChI=1S/C13H6Cl2F3NO/c14-7-1-2-11(15)8(5-7)12-9(6-20)10(3-4-19-12)13(16,17)18/h1-6H. The van der Waals surface area contributed by atoms with Crippen LogP contribution >= 0.6 is 23.2 Å². The smallest absolute Gasteiger partial charge is 0.298 e. The van der Waals surface area contributed by atoms with Gasteiger partial charge in [-0.05, 0) is 24.3 Å². The van der Waals surface area contributed by atoms with Crippen molar-refractivity contribution in [1.82, 2.24) is 4.98 Å². The van der Waals surface area contributed by atoms with Crippen LogP contribution in [0.5, 0.6) is 0 Å². The van der Waals surface area contributed by atoms with E-state index >= 15 is 0 Å². The predicted molar refractivity (Wildman–Crippen MR) is 70.1 cm³/mol. The molecule has 20 heavy (non-hydrogen) atoms. The summed E-state index contributed by atoms with van der Waals surface area (Å²) in [5.74, 6) is 0. The van der Waals surface area contributed by atoms with E-state index in [4.69, 9.17) is 23.2 Å². The van der Waals surface area contributed by atoms with Crippen LogP contribution in [0.3, 0.4) is 0 Å². The molecule has 0 amide bonds. The highest BCUT2D eigenvalue weighted by Gasteiger charge is 2.35. The van der Waals surface area contributed by atoms with Crippen LogP contribution in [0.25, 0.3) is 11.3 Å². The van der Waals surface area contributed by atoms with Crippen molar-refractivity contribution in [2.24, 2.45) is 0 Å². The lowest BCUT2D eigenvalue weighted by Crippen LogP contribution is -2.10. The zero-order valence-corrected chi connectivity index (χ0v) is 11.2. The summed E-state index contributed by atoms with van der Waals surface area (Å²) < 4.78 is 38.6. The molecule has 0 radical (unpaired) electrons. The SMILES string of the molecule is O=Cc1c(C(F)(F)F)ccnc1-c1cc(Cl)ccc1Cl. The number of nitrogens with zero attached hydrogens (tertiary/aromatic N) is 1. The minimum Gasteiger partial charge on any atom is -0.298 e. The van der Waals surface area contributed by atoms with Crippen LogP contribution in [0.15, 0.2) is 30.5 Å². The average Bonchev–Trinajstić information content (AvgIpc) is 2.39. The van der Waals surface area contributed by atoms with Crippen molar-refractivity contribution in [3.8, 4) is 11.3 Å². The molecular formula is C13H6Cl2F3NO. The summed E-state index contributed by atoms with van der Waals surface area (Å²) >= 11 is 11.7. The number of hydrogen-bond donors (Lipinski definition) is 0. The number of benzene rings is 1. The molecule has 7 heteroatoms. The second kappa shape index (κ2) is 5.42. The lowest BCUT2D eigenvalue weighted by atomic mass is 10.0. The van der Waals surface area contributed by atoms with Gasteiger partial charge in [-0.15, -0.1) is 0 Å². The van der Waals surface area contributed by atoms with E-state index in [1.165, 1.54) is 18.2 Å². The summed E-state index contributed by atoms with van der Waals surface area (Å²) in [6.45, 7) is 0. The Morgan fingerprint density at radius 2 is 1.85 bits per heavy atom. The molecule has 0 saturated carbocycles. The van der Waals surface area contributed by atoms with E-state index in [-0.39, 0.29) is 27.6 Å². The topological polar surface area (TPSA) is 30.0 Å². The molecule has 0 aliphatic carbocycles. The van der Waals surface area contributed by atoms with Crippen molar-refractivity contribution in [3.63, 3.8) is 0 Å². The normalized spacial score (nSPS) is 11.4. The number of aromatic nitrogens is 1. The van der Waals surface area contributed by atoms with Gasteiger partial charge in [-0.1, -0.05) is 23.2 Å². The van der Waals surface area contributed by atoms with Crippen LogP contribution in [0.1, 0.15) is 15.9 Å². The van der Waals surface area contributed by atoms with Crippen LogP contribution in [0, 0.1) is 0 Å². The van der Waals surface area contributed by atoms with E-state index in [1.54, 1.807) is 0 Å². The molecule has 0 bridgehead atoms. The van der Waals surface area contributed by atoms with Crippen molar-refractivity contribution < 1.29 is 18.0 Å². The Morgan fingerprint density at radius 1 is 1.15 bits per heavy atom. The molecule has 1 aromatic heterocycles. The second-order valence-corrected chi connectivity index (χ2v) is 4.70. The molecule has 0 saturated heterocycles. The Bertz CT molecular complexity index is 671. The van der Waals surface area contributed by atoms with Gasteiger partial charge in [-0.3, -0.25) is 9.78 Å². The second-order valence-electron chi connectivity index (χ2n) is 3.86. The average molecular weight is 320 g/mol. The number of carbonyl (C=O) groups is 1. The molecule has 0 spiro atoms. The Balaban J connectivity index is 2.75. The van der Waals surface area contributed by atoms with Crippen LogP contribution < -0.4 is 0 Å². The molecule has 1 heterocycles. The molecule has 2 rings (SSSR count). The van der Waals surface area contributed by atoms with E-state index < -0.39 is 17.3 Å². The summed E-state index contributed by atoms with van der Waals surface area (Å²) in [6, 6.07) is 5.02. The number of rotatable bonds is 2. The Hall–Kier alpha value is -1.59. The van der Waals surface area contributed by atoms with Gasteiger partial charge in [0.25, 0.3) is 0 Å². The number of carbonyl (C=O) groups excluding carboxylic acids is 1. The van der Waals surface area contributed by atoms with Crippen molar-refractivity contribution in [2.75, 3.05) is 0 Å². The van der Waals surface area contributed by atoms with Crippen molar-refractivity contribution in [3.05, 3.63) is 51.6 Å². The fourth-order valence-corrected chi connectivity index (χ4v) is 2.11. The zero-order chi connectivity index (χ0) is 14.9. The minimum atomic E-state index is -4.65. The van der Waals surface area contributed by atoms with E-state index in [2.05, 4.69) is 4.98 Å². The summed E-state index contributed by atoms with van der Waals surface area (Å²) in [5, 5.41) is 0.435. The summed E-state index contributed by atoms with van der Waals surface area (Å²) in [5.41, 5.74) is -1.60. The van der Waals surface area contributed by atoms with E-state index in [9.17, 15) is 18.0 Å². The maximum absolute atomic E-state index is 12.9. The van der Waals surface area contributed by atoms with Crippen LogP contribution in [0.4, 0.5) is 13.2 Å². The van der Waals surface area contributed by atoms with Crippen LogP contribution in [0.2, 0.25) is 10.0 Å². The van der Waals surface area contributed by atoms with Gasteiger partial charge >= 0.3 is 6.18 Å². The van der Waals surface area contributed by atoms with Gasteiger partial charge in [0.2, 0.25) is 0 Å². The Labute approximate surface area is 122 Å². The minimum absolute atomic E-state index is 0.113. The Morgan fingerprint density at radius 3 is 2.45 bits per heavy atom. The number of aldehydes is 1. The van der Waals surface area contributed by atoms with Crippen LogP contribution in [-0.2, 0) is 6.18 Å². The first kappa shape index (κ1) is 14.8.